The van der Waals surface area contributed by atoms with Crippen LogP contribution in [0.4, 0.5) is 25.0 Å². The first kappa shape index (κ1) is 32.6. The number of nitrogens with one attached hydrogen (secondary N) is 4. The molecule has 2 bridgehead atoms. The van der Waals surface area contributed by atoms with Crippen molar-refractivity contribution in [2.75, 3.05) is 23.8 Å². The van der Waals surface area contributed by atoms with E-state index >= 15 is 0 Å². The van der Waals surface area contributed by atoms with E-state index in [1.54, 1.807) is 30.4 Å². The quantitative estimate of drug-likeness (QED) is 0.174. The van der Waals surface area contributed by atoms with Gasteiger partial charge >= 0.3 is 6.09 Å². The van der Waals surface area contributed by atoms with Crippen LogP contribution in [0.1, 0.15) is 67.8 Å². The summed E-state index contributed by atoms with van der Waals surface area (Å²) in [4.78, 5) is 45.6. The molecule has 0 radical (unpaired) electrons. The van der Waals surface area contributed by atoms with Crippen LogP contribution in [0.25, 0.3) is 11.3 Å². The van der Waals surface area contributed by atoms with Crippen molar-refractivity contribution in [2.45, 2.75) is 58.6 Å². The van der Waals surface area contributed by atoms with Crippen molar-refractivity contribution in [3.63, 3.8) is 0 Å². The smallest absolute Gasteiger partial charge is 0.411 e. The molecule has 2 heterocycles. The standard InChI is InChI=1S/C31H34ClF2N5O5/c1-17-14-20(33)25(21(34)15-17)29(41)37-22-8-6-5-7-9-24(40)36-23-16-18(35-30(42)43-12-13-44-31(2,3)4)10-11-19(23)26-27(32)39-28(22)38-26/h5-6,10-11,14-16,22H,7-9,12-13H2,1-4H3,(H,35,42)(H,36,40)(H,37,41)(H,38,39)/b6-5+. The summed E-state index contributed by atoms with van der Waals surface area (Å²) < 4.78 is 39.8. The van der Waals surface area contributed by atoms with Crippen LogP contribution in [0.3, 0.4) is 0 Å². The minimum atomic E-state index is -0.983. The average molecular weight is 630 g/mol. The van der Waals surface area contributed by atoms with E-state index in [-0.39, 0.29) is 54.2 Å². The Morgan fingerprint density at radius 2 is 1.84 bits per heavy atom. The lowest BCUT2D eigenvalue weighted by Gasteiger charge is -2.19. The van der Waals surface area contributed by atoms with Gasteiger partial charge in [-0.1, -0.05) is 23.8 Å². The molecular formula is C31H34ClF2N5O5. The Hall–Kier alpha value is -4.29. The highest BCUT2D eigenvalue weighted by Crippen LogP contribution is 2.36. The molecule has 4 rings (SSSR count). The number of hydrogen-bond acceptors (Lipinski definition) is 6. The second-order valence-electron chi connectivity index (χ2n) is 11.2. The van der Waals surface area contributed by atoms with Gasteiger partial charge in [0.2, 0.25) is 5.91 Å². The summed E-state index contributed by atoms with van der Waals surface area (Å²) in [5.41, 5.74) is 0.601. The molecule has 1 aromatic heterocycles. The van der Waals surface area contributed by atoms with Crippen LogP contribution in [0.2, 0.25) is 5.15 Å². The number of H-pyrrole nitrogens is 1. The first-order valence-corrected chi connectivity index (χ1v) is 14.4. The average Bonchev–Trinajstić information content (AvgIpc) is 3.30. The SMILES string of the molecule is Cc1cc(F)c(C(=O)NC2C/C=C/CCC(=O)Nc3cc(NC(=O)OCCOC(C)(C)C)ccc3-c3nc2[nH]c3Cl)c(F)c1. The zero-order valence-electron chi connectivity index (χ0n) is 24.8. The molecule has 0 fully saturated rings. The maximum absolute atomic E-state index is 14.5. The van der Waals surface area contributed by atoms with Gasteiger partial charge in [0, 0.05) is 17.7 Å². The van der Waals surface area contributed by atoms with Gasteiger partial charge in [0.1, 0.15) is 40.5 Å². The van der Waals surface area contributed by atoms with Crippen molar-refractivity contribution < 1.29 is 32.6 Å². The van der Waals surface area contributed by atoms with E-state index in [4.69, 9.17) is 21.1 Å². The fourth-order valence-electron chi connectivity index (χ4n) is 4.44. The lowest BCUT2D eigenvalue weighted by Crippen LogP contribution is -2.30. The minimum absolute atomic E-state index is 0.0465. The number of amides is 3. The van der Waals surface area contributed by atoms with Crippen molar-refractivity contribution in [1.29, 1.82) is 0 Å². The molecule has 0 spiro atoms. The van der Waals surface area contributed by atoms with E-state index in [1.807, 2.05) is 20.8 Å². The zero-order chi connectivity index (χ0) is 32.0. The number of carbonyl (C=O) groups excluding carboxylic acids is 3. The Kier molecular flexibility index (Phi) is 10.4. The molecule has 1 aliphatic heterocycles. The van der Waals surface area contributed by atoms with Crippen molar-refractivity contribution in [3.05, 3.63) is 76.2 Å². The Morgan fingerprint density at radius 3 is 2.55 bits per heavy atom. The molecular weight excluding hydrogens is 596 g/mol. The van der Waals surface area contributed by atoms with Crippen LogP contribution >= 0.6 is 11.6 Å². The summed E-state index contributed by atoms with van der Waals surface area (Å²) in [6.45, 7) is 7.47. The van der Waals surface area contributed by atoms with Crippen LogP contribution in [-0.4, -0.2) is 46.7 Å². The first-order chi connectivity index (χ1) is 20.8. The number of rotatable bonds is 6. The maximum Gasteiger partial charge on any atom is 0.411 e. The van der Waals surface area contributed by atoms with Gasteiger partial charge < -0.3 is 25.1 Å². The molecule has 1 atom stereocenters. The summed E-state index contributed by atoms with van der Waals surface area (Å²) in [5.74, 6) is -2.99. The van der Waals surface area contributed by atoms with E-state index in [1.165, 1.54) is 6.92 Å². The van der Waals surface area contributed by atoms with Gasteiger partial charge in [-0.25, -0.2) is 18.6 Å². The summed E-state index contributed by atoms with van der Waals surface area (Å²) in [5, 5.41) is 8.20. The summed E-state index contributed by atoms with van der Waals surface area (Å²) in [6.07, 6.45) is 3.51. The second kappa shape index (κ2) is 14.0. The van der Waals surface area contributed by atoms with E-state index in [0.717, 1.165) is 12.1 Å². The Balaban J connectivity index is 1.60. The number of ether oxygens (including phenoxy) is 2. The summed E-state index contributed by atoms with van der Waals surface area (Å²) in [6, 6.07) is 6.07. The van der Waals surface area contributed by atoms with Crippen molar-refractivity contribution >= 4 is 40.9 Å². The number of fused-ring (bicyclic) bond motifs is 4. The molecule has 1 aliphatic rings. The van der Waals surface area contributed by atoms with Crippen LogP contribution in [-0.2, 0) is 14.3 Å². The molecule has 1 unspecified atom stereocenters. The Morgan fingerprint density at radius 1 is 1.11 bits per heavy atom. The van der Waals surface area contributed by atoms with Crippen LogP contribution in [0, 0.1) is 18.6 Å². The largest absolute Gasteiger partial charge is 0.447 e. The van der Waals surface area contributed by atoms with Crippen LogP contribution in [0.5, 0.6) is 0 Å². The highest BCUT2D eigenvalue weighted by Gasteiger charge is 2.26. The molecule has 13 heteroatoms. The highest BCUT2D eigenvalue weighted by molar-refractivity contribution is 6.32. The molecule has 44 heavy (non-hydrogen) atoms. The molecule has 234 valence electrons. The number of imidazole rings is 1. The number of aryl methyl sites for hydroxylation is 1. The lowest BCUT2D eigenvalue weighted by atomic mass is 10.1. The predicted molar refractivity (Wildman–Crippen MR) is 163 cm³/mol. The third-order valence-electron chi connectivity index (χ3n) is 6.45. The number of benzene rings is 2. The van der Waals surface area contributed by atoms with Gasteiger partial charge in [0.05, 0.1) is 23.9 Å². The number of halogens is 3. The number of hydrogen-bond donors (Lipinski definition) is 4. The fraction of sp³-hybridized carbons (Fsp3) is 0.355. The second-order valence-corrected chi connectivity index (χ2v) is 11.6. The monoisotopic (exact) mass is 629 g/mol. The molecule has 10 nitrogen and oxygen atoms in total. The molecule has 0 saturated heterocycles. The lowest BCUT2D eigenvalue weighted by molar-refractivity contribution is -0.116. The number of carbonyl (C=O) groups is 3. The predicted octanol–water partition coefficient (Wildman–Crippen LogP) is 6.83. The number of nitrogens with zero attached hydrogens (tertiary/aromatic N) is 1. The van der Waals surface area contributed by atoms with Gasteiger partial charge in [-0.05, 0) is 76.4 Å². The highest BCUT2D eigenvalue weighted by atomic mass is 35.5. The number of aromatic amines is 1. The van der Waals surface area contributed by atoms with Gasteiger partial charge in [0.15, 0.2) is 0 Å². The fourth-order valence-corrected chi connectivity index (χ4v) is 4.68. The van der Waals surface area contributed by atoms with Crippen molar-refractivity contribution in [1.82, 2.24) is 15.3 Å². The molecule has 0 aliphatic carbocycles. The molecule has 4 N–H and O–H groups in total. The Bertz CT molecular complexity index is 1560. The van der Waals surface area contributed by atoms with E-state index in [9.17, 15) is 23.2 Å². The first-order valence-electron chi connectivity index (χ1n) is 14.0. The van der Waals surface area contributed by atoms with Crippen molar-refractivity contribution in [3.8, 4) is 11.3 Å². The topological polar surface area (TPSA) is 134 Å². The Labute approximate surface area is 258 Å². The third-order valence-corrected chi connectivity index (χ3v) is 6.72. The molecule has 2 aromatic carbocycles. The normalized spacial score (nSPS) is 16.0. The van der Waals surface area contributed by atoms with E-state index in [2.05, 4.69) is 25.9 Å². The third kappa shape index (κ3) is 8.64. The number of anilines is 2. The molecule has 3 amide bonds. The van der Waals surface area contributed by atoms with E-state index < -0.39 is 35.2 Å². The van der Waals surface area contributed by atoms with Gasteiger partial charge in [-0.3, -0.25) is 14.9 Å². The van der Waals surface area contributed by atoms with Gasteiger partial charge in [0.25, 0.3) is 5.91 Å². The van der Waals surface area contributed by atoms with Crippen LogP contribution in [0.15, 0.2) is 42.5 Å². The summed E-state index contributed by atoms with van der Waals surface area (Å²) >= 11 is 6.55. The van der Waals surface area contributed by atoms with Crippen LogP contribution < -0.4 is 16.0 Å². The summed E-state index contributed by atoms with van der Waals surface area (Å²) in [7, 11) is 0. The van der Waals surface area contributed by atoms with Gasteiger partial charge in [-0.15, -0.1) is 0 Å². The minimum Gasteiger partial charge on any atom is -0.447 e. The molecule has 3 aromatic rings. The van der Waals surface area contributed by atoms with Gasteiger partial charge in [-0.2, -0.15) is 0 Å². The van der Waals surface area contributed by atoms with E-state index in [0.29, 0.717) is 28.9 Å². The molecule has 0 saturated carbocycles. The number of allylic oxidation sites excluding steroid dienone is 1. The van der Waals surface area contributed by atoms with Crippen molar-refractivity contribution in [2.24, 2.45) is 0 Å². The number of aromatic nitrogens is 2. The zero-order valence-corrected chi connectivity index (χ0v) is 25.5. The maximum atomic E-state index is 14.5.